The van der Waals surface area contributed by atoms with Gasteiger partial charge in [0.15, 0.2) is 6.61 Å². The molecule has 0 bridgehead atoms. The van der Waals surface area contributed by atoms with E-state index in [1.807, 2.05) is 85.8 Å². The van der Waals surface area contributed by atoms with Crippen molar-refractivity contribution in [1.82, 2.24) is 4.98 Å². The molecule has 34 heavy (non-hydrogen) atoms. The molecule has 0 aliphatic rings. The lowest BCUT2D eigenvalue weighted by Gasteiger charge is -2.11. The van der Waals surface area contributed by atoms with E-state index in [1.165, 1.54) is 11.3 Å². The molecule has 6 nitrogen and oxygen atoms in total. The maximum absolute atomic E-state index is 12.2. The summed E-state index contributed by atoms with van der Waals surface area (Å²) in [6, 6.07) is 25.0. The van der Waals surface area contributed by atoms with Crippen molar-refractivity contribution in [2.45, 2.75) is 20.0 Å². The van der Waals surface area contributed by atoms with E-state index < -0.39 is 5.97 Å². The minimum atomic E-state index is -0.491. The third kappa shape index (κ3) is 6.52. The standard InChI is InChI=1S/C27H24N2O4S/c1-19-11-13-21(14-12-19)28-25(30)15-26-29-22(18-34-26)16-33-27(31)17-32-24-10-6-5-9-23(24)20-7-3-2-4-8-20/h2-14,18H,15-17H2,1H3,(H,28,30). The molecule has 1 N–H and O–H groups in total. The zero-order chi connectivity index (χ0) is 23.8. The first-order chi connectivity index (χ1) is 16.6. The van der Waals surface area contributed by atoms with Gasteiger partial charge in [0.2, 0.25) is 5.91 Å². The van der Waals surface area contributed by atoms with E-state index in [2.05, 4.69) is 10.3 Å². The number of para-hydroxylation sites is 1. The molecule has 0 saturated heterocycles. The zero-order valence-electron chi connectivity index (χ0n) is 18.7. The number of rotatable bonds is 9. The summed E-state index contributed by atoms with van der Waals surface area (Å²) in [6.07, 6.45) is 0.159. The van der Waals surface area contributed by atoms with Gasteiger partial charge in [-0.15, -0.1) is 11.3 Å². The van der Waals surface area contributed by atoms with E-state index in [9.17, 15) is 9.59 Å². The van der Waals surface area contributed by atoms with E-state index >= 15 is 0 Å². The van der Waals surface area contributed by atoms with Gasteiger partial charge in [-0.3, -0.25) is 4.79 Å². The average Bonchev–Trinajstić information content (AvgIpc) is 3.30. The summed E-state index contributed by atoms with van der Waals surface area (Å²) in [6.45, 7) is 1.81. The molecule has 0 fully saturated rings. The van der Waals surface area contributed by atoms with Crippen LogP contribution in [0, 0.1) is 6.92 Å². The van der Waals surface area contributed by atoms with E-state index in [-0.39, 0.29) is 25.5 Å². The number of hydrogen-bond acceptors (Lipinski definition) is 6. The summed E-state index contributed by atoms with van der Waals surface area (Å²) in [5, 5.41) is 5.29. The van der Waals surface area contributed by atoms with Crippen LogP contribution in [-0.4, -0.2) is 23.5 Å². The Hall–Kier alpha value is -3.97. The molecule has 7 heteroatoms. The van der Waals surface area contributed by atoms with Gasteiger partial charge in [0.1, 0.15) is 17.4 Å². The van der Waals surface area contributed by atoms with Crippen LogP contribution in [0.25, 0.3) is 11.1 Å². The first kappa shape index (κ1) is 23.2. The van der Waals surface area contributed by atoms with Crippen molar-refractivity contribution in [2.75, 3.05) is 11.9 Å². The van der Waals surface area contributed by atoms with Crippen molar-refractivity contribution >= 4 is 28.9 Å². The van der Waals surface area contributed by atoms with Crippen LogP contribution < -0.4 is 10.1 Å². The number of ether oxygens (including phenoxy) is 2. The van der Waals surface area contributed by atoms with Crippen LogP contribution in [0.5, 0.6) is 5.75 Å². The van der Waals surface area contributed by atoms with Crippen LogP contribution >= 0.6 is 11.3 Å². The molecule has 0 radical (unpaired) electrons. The number of benzene rings is 3. The highest BCUT2D eigenvalue weighted by atomic mass is 32.1. The number of carbonyl (C=O) groups excluding carboxylic acids is 2. The average molecular weight is 473 g/mol. The molecule has 1 amide bonds. The van der Waals surface area contributed by atoms with E-state index in [1.54, 1.807) is 5.38 Å². The highest BCUT2D eigenvalue weighted by molar-refractivity contribution is 7.09. The Morgan fingerprint density at radius 1 is 0.941 bits per heavy atom. The summed E-state index contributed by atoms with van der Waals surface area (Å²) >= 11 is 1.36. The fourth-order valence-electron chi connectivity index (χ4n) is 3.26. The fourth-order valence-corrected chi connectivity index (χ4v) is 4.03. The lowest BCUT2D eigenvalue weighted by atomic mass is 10.1. The first-order valence-electron chi connectivity index (χ1n) is 10.8. The molecule has 0 unspecified atom stereocenters. The second-order valence-corrected chi connectivity index (χ2v) is 8.58. The van der Waals surface area contributed by atoms with E-state index in [0.29, 0.717) is 16.5 Å². The second kappa shape index (κ2) is 11.2. The predicted molar refractivity (Wildman–Crippen MR) is 133 cm³/mol. The van der Waals surface area contributed by atoms with Crippen molar-refractivity contribution in [1.29, 1.82) is 0 Å². The Kier molecular flexibility index (Phi) is 7.67. The molecule has 0 aliphatic carbocycles. The number of carbonyl (C=O) groups is 2. The number of hydrogen-bond donors (Lipinski definition) is 1. The number of aryl methyl sites for hydroxylation is 1. The molecular weight excluding hydrogens is 448 g/mol. The molecule has 172 valence electrons. The lowest BCUT2D eigenvalue weighted by molar-refractivity contribution is -0.147. The summed E-state index contributed by atoms with van der Waals surface area (Å²) in [5.41, 5.74) is 4.39. The van der Waals surface area contributed by atoms with Gasteiger partial charge in [0, 0.05) is 16.6 Å². The molecule has 0 spiro atoms. The summed E-state index contributed by atoms with van der Waals surface area (Å²) in [4.78, 5) is 28.8. The van der Waals surface area contributed by atoms with Crippen molar-refractivity contribution in [2.24, 2.45) is 0 Å². The maximum atomic E-state index is 12.2. The largest absolute Gasteiger partial charge is 0.481 e. The number of amides is 1. The number of anilines is 1. The Bertz CT molecular complexity index is 1250. The number of nitrogens with zero attached hydrogens (tertiary/aromatic N) is 1. The Morgan fingerprint density at radius 2 is 1.68 bits per heavy atom. The van der Waals surface area contributed by atoms with Crippen molar-refractivity contribution in [3.8, 4) is 16.9 Å². The predicted octanol–water partition coefficient (Wildman–Crippen LogP) is 5.42. The zero-order valence-corrected chi connectivity index (χ0v) is 19.5. The first-order valence-corrected chi connectivity index (χ1v) is 11.7. The molecule has 0 atom stereocenters. The van der Waals surface area contributed by atoms with Crippen LogP contribution in [0.3, 0.4) is 0 Å². The Morgan fingerprint density at radius 3 is 2.47 bits per heavy atom. The van der Waals surface area contributed by atoms with Crippen LogP contribution in [0.2, 0.25) is 0 Å². The van der Waals surface area contributed by atoms with Crippen LogP contribution in [0.4, 0.5) is 5.69 Å². The molecule has 1 heterocycles. The van der Waals surface area contributed by atoms with Gasteiger partial charge in [0.05, 0.1) is 12.1 Å². The van der Waals surface area contributed by atoms with Crippen LogP contribution in [0.1, 0.15) is 16.3 Å². The van der Waals surface area contributed by atoms with Gasteiger partial charge in [0.25, 0.3) is 0 Å². The van der Waals surface area contributed by atoms with Crippen LogP contribution in [-0.2, 0) is 27.4 Å². The number of nitrogens with one attached hydrogen (secondary N) is 1. The summed E-state index contributed by atoms with van der Waals surface area (Å²) in [7, 11) is 0. The summed E-state index contributed by atoms with van der Waals surface area (Å²) < 4.78 is 11.0. The molecule has 4 aromatic rings. The molecule has 0 saturated carbocycles. The quantitative estimate of drug-likeness (QED) is 0.329. The second-order valence-electron chi connectivity index (χ2n) is 7.64. The SMILES string of the molecule is Cc1ccc(NC(=O)Cc2nc(COC(=O)COc3ccccc3-c3ccccc3)cs2)cc1. The maximum Gasteiger partial charge on any atom is 0.344 e. The van der Waals surface area contributed by atoms with Crippen molar-refractivity contribution in [3.63, 3.8) is 0 Å². The topological polar surface area (TPSA) is 77.5 Å². The van der Waals surface area contributed by atoms with Gasteiger partial charge >= 0.3 is 5.97 Å². The Balaban J connectivity index is 1.25. The Labute approximate surface area is 202 Å². The lowest BCUT2D eigenvalue weighted by Crippen LogP contribution is -2.15. The van der Waals surface area contributed by atoms with Gasteiger partial charge in [-0.25, -0.2) is 9.78 Å². The van der Waals surface area contributed by atoms with Gasteiger partial charge in [-0.05, 0) is 30.7 Å². The van der Waals surface area contributed by atoms with E-state index in [4.69, 9.17) is 9.47 Å². The van der Waals surface area contributed by atoms with Crippen LogP contribution in [0.15, 0.2) is 84.2 Å². The fraction of sp³-hybridized carbons (Fsp3) is 0.148. The summed E-state index contributed by atoms with van der Waals surface area (Å²) in [5.74, 6) is -0.0251. The molecule has 0 aliphatic heterocycles. The normalized spacial score (nSPS) is 10.5. The third-order valence-electron chi connectivity index (χ3n) is 4.94. The van der Waals surface area contributed by atoms with Crippen molar-refractivity contribution < 1.29 is 19.1 Å². The molecule has 3 aromatic carbocycles. The van der Waals surface area contributed by atoms with Gasteiger partial charge in [-0.1, -0.05) is 66.2 Å². The van der Waals surface area contributed by atoms with Crippen molar-refractivity contribution in [3.05, 3.63) is 101 Å². The minimum Gasteiger partial charge on any atom is -0.481 e. The number of aromatic nitrogens is 1. The highest BCUT2D eigenvalue weighted by Crippen LogP contribution is 2.29. The molecule has 1 aromatic heterocycles. The van der Waals surface area contributed by atoms with Gasteiger partial charge in [-0.2, -0.15) is 0 Å². The number of thiazole rings is 1. The van der Waals surface area contributed by atoms with Gasteiger partial charge < -0.3 is 14.8 Å². The molecular formula is C27H24N2O4S. The number of esters is 1. The third-order valence-corrected chi connectivity index (χ3v) is 5.84. The molecule has 4 rings (SSSR count). The highest BCUT2D eigenvalue weighted by Gasteiger charge is 2.12. The minimum absolute atomic E-state index is 0.0264. The smallest absolute Gasteiger partial charge is 0.344 e. The monoisotopic (exact) mass is 472 g/mol. The van der Waals surface area contributed by atoms with E-state index in [0.717, 1.165) is 22.4 Å².